The Labute approximate surface area is 153 Å². The molecule has 0 spiro atoms. The Hall–Kier alpha value is -1.47. The average Bonchev–Trinajstić information content (AvgIpc) is 2.75. The molecule has 0 radical (unpaired) electrons. The number of hydrogen-bond donors (Lipinski definition) is 2. The highest BCUT2D eigenvalue weighted by atomic mass is 79.9. The normalized spacial score (nSPS) is 18.6. The fourth-order valence-electron chi connectivity index (χ4n) is 3.02. The van der Waals surface area contributed by atoms with Crippen molar-refractivity contribution >= 4 is 39.4 Å². The summed E-state index contributed by atoms with van der Waals surface area (Å²) in [4.78, 5) is 24.8. The van der Waals surface area contributed by atoms with Gasteiger partial charge in [-0.25, -0.2) is 0 Å². The number of aromatic amines is 1. The molecule has 0 fully saturated rings. The van der Waals surface area contributed by atoms with E-state index >= 15 is 0 Å². The maximum absolute atomic E-state index is 12.7. The molecule has 0 bridgehead atoms. The van der Waals surface area contributed by atoms with Crippen LogP contribution in [0.5, 0.6) is 0 Å². The van der Waals surface area contributed by atoms with Crippen LogP contribution < -0.4 is 10.9 Å². The molecule has 0 aliphatic carbocycles. The zero-order valence-corrected chi connectivity index (χ0v) is 16.0. The van der Waals surface area contributed by atoms with Crippen LogP contribution in [0.15, 0.2) is 33.5 Å². The van der Waals surface area contributed by atoms with E-state index in [4.69, 9.17) is 0 Å². The monoisotopic (exact) mass is 409 g/mol. The molecule has 2 heterocycles. The fourth-order valence-corrected chi connectivity index (χ4v) is 4.41. The van der Waals surface area contributed by atoms with Gasteiger partial charge in [-0.3, -0.25) is 19.4 Å². The molecular weight excluding hydrogens is 390 g/mol. The van der Waals surface area contributed by atoms with Gasteiger partial charge in [0.25, 0.3) is 5.56 Å². The largest absolute Gasteiger partial charge is 0.310 e. The summed E-state index contributed by atoms with van der Waals surface area (Å²) in [5.41, 5.74) is 1.53. The Balaban J connectivity index is 2.11. The summed E-state index contributed by atoms with van der Waals surface area (Å²) in [6.45, 7) is 4.16. The highest BCUT2D eigenvalue weighted by Crippen LogP contribution is 2.40. The third kappa shape index (κ3) is 3.32. The first kappa shape index (κ1) is 17.4. The van der Waals surface area contributed by atoms with Crippen molar-refractivity contribution in [2.45, 2.75) is 38.0 Å². The molecule has 2 N–H and O–H groups in total. The minimum atomic E-state index is -0.161. The smallest absolute Gasteiger partial charge is 0.270 e. The van der Waals surface area contributed by atoms with Gasteiger partial charge in [-0.1, -0.05) is 41.4 Å². The van der Waals surface area contributed by atoms with Crippen LogP contribution in [0.4, 0.5) is 5.82 Å². The van der Waals surface area contributed by atoms with Crippen molar-refractivity contribution in [2.24, 2.45) is 0 Å². The van der Waals surface area contributed by atoms with Crippen molar-refractivity contribution in [2.75, 3.05) is 11.1 Å². The number of thioether (sulfide) groups is 1. The molecule has 2 aromatic rings. The topological polar surface area (TPSA) is 66.9 Å². The van der Waals surface area contributed by atoms with E-state index in [0.717, 1.165) is 22.9 Å². The molecule has 0 saturated heterocycles. The molecule has 1 aromatic carbocycles. The van der Waals surface area contributed by atoms with Crippen molar-refractivity contribution in [3.63, 3.8) is 0 Å². The number of benzene rings is 1. The maximum Gasteiger partial charge on any atom is 0.270 e. The number of hydrogen-bond acceptors (Lipinski definition) is 3. The number of rotatable bonds is 4. The van der Waals surface area contributed by atoms with Crippen LogP contribution in [0.2, 0.25) is 0 Å². The van der Waals surface area contributed by atoms with Gasteiger partial charge in [-0.15, -0.1) is 11.8 Å². The van der Waals surface area contributed by atoms with Crippen molar-refractivity contribution in [3.05, 3.63) is 50.2 Å². The summed E-state index contributed by atoms with van der Waals surface area (Å²) in [6, 6.07) is 8.03. The van der Waals surface area contributed by atoms with Crippen LogP contribution in [0.1, 0.15) is 49.1 Å². The molecule has 24 heavy (non-hydrogen) atoms. The number of fused-ring (bicyclic) bond motifs is 1. The molecule has 1 aromatic heterocycles. The Morgan fingerprint density at radius 3 is 2.71 bits per heavy atom. The first-order valence-corrected chi connectivity index (χ1v) is 9.86. The second kappa shape index (κ2) is 7.19. The first-order chi connectivity index (χ1) is 11.5. The van der Waals surface area contributed by atoms with Gasteiger partial charge in [-0.05, 0) is 31.0 Å². The van der Waals surface area contributed by atoms with Gasteiger partial charge >= 0.3 is 0 Å². The predicted octanol–water partition coefficient (Wildman–Crippen LogP) is 4.07. The number of nitrogens with one attached hydrogen (secondary N) is 2. The van der Waals surface area contributed by atoms with Crippen molar-refractivity contribution < 1.29 is 4.79 Å². The first-order valence-electron chi connectivity index (χ1n) is 8.02. The summed E-state index contributed by atoms with van der Waals surface area (Å²) in [5, 5.41) is 5.69. The third-order valence-corrected chi connectivity index (χ3v) is 5.98. The van der Waals surface area contributed by atoms with E-state index in [2.05, 4.69) is 40.2 Å². The van der Waals surface area contributed by atoms with E-state index in [-0.39, 0.29) is 22.8 Å². The van der Waals surface area contributed by atoms with E-state index in [1.54, 1.807) is 0 Å². The lowest BCUT2D eigenvalue weighted by molar-refractivity contribution is -0.113. The van der Waals surface area contributed by atoms with Gasteiger partial charge in [0.2, 0.25) is 5.91 Å². The number of halogens is 1. The Morgan fingerprint density at radius 2 is 2.04 bits per heavy atom. The molecule has 1 aliphatic rings. The number of carbonyl (C=O) groups is 1. The van der Waals surface area contributed by atoms with Crippen LogP contribution in [0.3, 0.4) is 0 Å². The van der Waals surface area contributed by atoms with E-state index in [9.17, 15) is 9.59 Å². The maximum atomic E-state index is 12.7. The number of aromatic nitrogens is 2. The number of carbonyl (C=O) groups excluding carboxylic acids is 1. The lowest BCUT2D eigenvalue weighted by Gasteiger charge is -2.17. The predicted molar refractivity (Wildman–Crippen MR) is 102 cm³/mol. The standard InChI is InChI=1S/C17H20BrN3O2S/c1-3-4-10(2)21-16-14(17(23)20-21)15(24-9-13(22)19-16)11-5-7-12(18)8-6-11/h5-8,10,15H,3-4,9H2,1-2H3,(H,19,22)(H,20,23)/t10-,15-/m1/s1. The van der Waals surface area contributed by atoms with E-state index in [1.807, 2.05) is 28.9 Å². The second-order valence-corrected chi connectivity index (χ2v) is 8.01. The second-order valence-electron chi connectivity index (χ2n) is 6.00. The molecule has 0 unspecified atom stereocenters. The van der Waals surface area contributed by atoms with Crippen LogP contribution in [-0.4, -0.2) is 21.4 Å². The van der Waals surface area contributed by atoms with Crippen LogP contribution in [-0.2, 0) is 4.79 Å². The Bertz CT molecular complexity index is 797. The lowest BCUT2D eigenvalue weighted by atomic mass is 10.1. The van der Waals surface area contributed by atoms with Crippen LogP contribution in [0, 0.1) is 0 Å². The molecule has 1 amide bonds. The average molecular weight is 410 g/mol. The molecule has 1 aliphatic heterocycles. The number of nitrogens with zero attached hydrogens (tertiary/aromatic N) is 1. The number of anilines is 1. The Kier molecular flexibility index (Phi) is 5.20. The van der Waals surface area contributed by atoms with Gasteiger partial charge < -0.3 is 5.32 Å². The zero-order valence-electron chi connectivity index (χ0n) is 13.6. The van der Waals surface area contributed by atoms with Crippen LogP contribution >= 0.6 is 27.7 Å². The highest BCUT2D eigenvalue weighted by molar-refractivity contribution is 9.10. The van der Waals surface area contributed by atoms with Gasteiger partial charge in [0.15, 0.2) is 0 Å². The van der Waals surface area contributed by atoms with E-state index in [1.165, 1.54) is 11.8 Å². The Morgan fingerprint density at radius 1 is 1.33 bits per heavy atom. The van der Waals surface area contributed by atoms with Crippen molar-refractivity contribution in [1.82, 2.24) is 9.78 Å². The van der Waals surface area contributed by atoms with E-state index in [0.29, 0.717) is 17.1 Å². The molecular formula is C17H20BrN3O2S. The molecule has 128 valence electrons. The molecule has 3 rings (SSSR count). The molecule has 2 atom stereocenters. The van der Waals surface area contributed by atoms with Crippen molar-refractivity contribution in [3.8, 4) is 0 Å². The summed E-state index contributed by atoms with van der Waals surface area (Å²) in [6.07, 6.45) is 1.94. The molecule has 0 saturated carbocycles. The summed E-state index contributed by atoms with van der Waals surface area (Å²) in [7, 11) is 0. The molecule has 7 heteroatoms. The van der Waals surface area contributed by atoms with Crippen LogP contribution in [0.25, 0.3) is 0 Å². The number of amides is 1. The highest BCUT2D eigenvalue weighted by Gasteiger charge is 2.31. The lowest BCUT2D eigenvalue weighted by Crippen LogP contribution is -2.18. The minimum Gasteiger partial charge on any atom is -0.310 e. The summed E-state index contributed by atoms with van der Waals surface area (Å²) in [5.74, 6) is 0.873. The summed E-state index contributed by atoms with van der Waals surface area (Å²) >= 11 is 4.92. The van der Waals surface area contributed by atoms with Gasteiger partial charge in [0.1, 0.15) is 5.82 Å². The SMILES string of the molecule is CCC[C@@H](C)n1[nH]c(=O)c2c1NC(=O)CS[C@@H]2c1ccc(Br)cc1. The quantitative estimate of drug-likeness (QED) is 0.799. The molecule has 5 nitrogen and oxygen atoms in total. The number of H-pyrrole nitrogens is 1. The minimum absolute atomic E-state index is 0.0719. The van der Waals surface area contributed by atoms with Crippen molar-refractivity contribution in [1.29, 1.82) is 0 Å². The zero-order chi connectivity index (χ0) is 17.3. The summed E-state index contributed by atoms with van der Waals surface area (Å²) < 4.78 is 2.80. The fraction of sp³-hybridized carbons (Fsp3) is 0.412. The van der Waals surface area contributed by atoms with Gasteiger partial charge in [-0.2, -0.15) is 0 Å². The van der Waals surface area contributed by atoms with Gasteiger partial charge in [0.05, 0.1) is 16.6 Å². The third-order valence-electron chi connectivity index (χ3n) is 4.18. The van der Waals surface area contributed by atoms with Gasteiger partial charge in [0, 0.05) is 10.5 Å². The van der Waals surface area contributed by atoms with E-state index < -0.39 is 0 Å².